The number of benzene rings is 1. The fraction of sp³-hybridized carbons (Fsp3) is 0.524. The van der Waals surface area contributed by atoms with Crippen LogP contribution in [0.5, 0.6) is 0 Å². The highest BCUT2D eigenvalue weighted by Gasteiger charge is 2.38. The third-order valence-electron chi connectivity index (χ3n) is 5.28. The van der Waals surface area contributed by atoms with Crippen LogP contribution >= 0.6 is 0 Å². The zero-order valence-electron chi connectivity index (χ0n) is 16.3. The van der Waals surface area contributed by atoms with Gasteiger partial charge in [-0.1, -0.05) is 39.0 Å². The van der Waals surface area contributed by atoms with E-state index in [1.165, 1.54) is 0 Å². The number of aromatic nitrogens is 2. The summed E-state index contributed by atoms with van der Waals surface area (Å²) in [5.74, 6) is -0.0215. The summed E-state index contributed by atoms with van der Waals surface area (Å²) in [5, 5.41) is 7.58. The van der Waals surface area contributed by atoms with E-state index >= 15 is 0 Å². The van der Waals surface area contributed by atoms with E-state index in [1.807, 2.05) is 48.3 Å². The zero-order chi connectivity index (χ0) is 18.9. The molecule has 3 atom stereocenters. The molecule has 1 amide bonds. The molecule has 2 aromatic rings. The molecule has 5 heteroatoms. The fourth-order valence-electron chi connectivity index (χ4n) is 3.49. The highest BCUT2D eigenvalue weighted by Crippen LogP contribution is 2.39. The zero-order valence-corrected chi connectivity index (χ0v) is 16.3. The van der Waals surface area contributed by atoms with Gasteiger partial charge in [0.15, 0.2) is 0 Å². The summed E-state index contributed by atoms with van der Waals surface area (Å²) in [7, 11) is 1.94. The predicted octanol–water partition coefficient (Wildman–Crippen LogP) is 3.79. The van der Waals surface area contributed by atoms with Gasteiger partial charge in [0.1, 0.15) is 0 Å². The van der Waals surface area contributed by atoms with Gasteiger partial charge in [0, 0.05) is 29.9 Å². The first-order valence-corrected chi connectivity index (χ1v) is 9.25. The summed E-state index contributed by atoms with van der Waals surface area (Å²) in [5.41, 5.74) is 2.92. The Morgan fingerprint density at radius 2 is 1.92 bits per heavy atom. The summed E-state index contributed by atoms with van der Waals surface area (Å²) in [6.45, 7) is 8.62. The van der Waals surface area contributed by atoms with Crippen molar-refractivity contribution in [3.8, 4) is 0 Å². The smallest absolute Gasteiger partial charge is 0.251 e. The Balaban J connectivity index is 1.80. The maximum atomic E-state index is 12.6. The SMILES string of the molecule is Cc1c([C@@H]2C[C@H](NC(=O)c3ccccc3)C[C@H](C(C)(C)C)O2)cnn1C. The van der Waals surface area contributed by atoms with Crippen molar-refractivity contribution in [2.75, 3.05) is 0 Å². The lowest BCUT2D eigenvalue weighted by Gasteiger charge is -2.41. The summed E-state index contributed by atoms with van der Waals surface area (Å²) in [6.07, 6.45) is 3.49. The molecule has 1 aromatic heterocycles. The standard InChI is InChI=1S/C21H29N3O2/c1-14-17(13-22-24(14)5)18-11-16(12-19(26-18)21(2,3)4)23-20(25)15-9-7-6-8-10-15/h6-10,13,16,18-19H,11-12H2,1-5H3,(H,23,25)/t16-,18-,19+/m0/s1. The van der Waals surface area contributed by atoms with Crippen LogP contribution in [0, 0.1) is 12.3 Å². The van der Waals surface area contributed by atoms with Crippen LogP contribution < -0.4 is 5.32 Å². The van der Waals surface area contributed by atoms with Crippen LogP contribution in [0.4, 0.5) is 0 Å². The number of amides is 1. The van der Waals surface area contributed by atoms with Crippen LogP contribution in [-0.2, 0) is 11.8 Å². The first-order valence-electron chi connectivity index (χ1n) is 9.25. The van der Waals surface area contributed by atoms with E-state index in [0.29, 0.717) is 5.56 Å². The van der Waals surface area contributed by atoms with Crippen molar-refractivity contribution < 1.29 is 9.53 Å². The third-order valence-corrected chi connectivity index (χ3v) is 5.28. The summed E-state index contributed by atoms with van der Waals surface area (Å²) in [4.78, 5) is 12.6. The van der Waals surface area contributed by atoms with Gasteiger partial charge in [0.2, 0.25) is 0 Å². The van der Waals surface area contributed by atoms with E-state index in [-0.39, 0.29) is 29.6 Å². The maximum Gasteiger partial charge on any atom is 0.251 e. The van der Waals surface area contributed by atoms with Crippen LogP contribution in [0.1, 0.15) is 61.3 Å². The molecule has 0 aliphatic carbocycles. The van der Waals surface area contributed by atoms with E-state index in [0.717, 1.165) is 24.1 Å². The lowest BCUT2D eigenvalue weighted by molar-refractivity contribution is -0.109. The molecule has 2 heterocycles. The number of carbonyl (C=O) groups is 1. The van der Waals surface area contributed by atoms with Crippen LogP contribution in [-0.4, -0.2) is 27.8 Å². The van der Waals surface area contributed by atoms with Crippen molar-refractivity contribution in [1.29, 1.82) is 0 Å². The van der Waals surface area contributed by atoms with Crippen LogP contribution in [0.25, 0.3) is 0 Å². The van der Waals surface area contributed by atoms with Gasteiger partial charge in [-0.05, 0) is 37.3 Å². The number of aryl methyl sites for hydroxylation is 1. The number of carbonyl (C=O) groups excluding carboxylic acids is 1. The normalized spacial score (nSPS) is 23.7. The topological polar surface area (TPSA) is 56.1 Å². The van der Waals surface area contributed by atoms with Crippen LogP contribution in [0.15, 0.2) is 36.5 Å². The Hall–Kier alpha value is -2.14. The molecule has 1 aliphatic rings. The molecule has 0 saturated carbocycles. The second kappa shape index (κ2) is 7.23. The van der Waals surface area contributed by atoms with E-state index in [4.69, 9.17) is 4.74 Å². The molecule has 5 nitrogen and oxygen atoms in total. The fourth-order valence-corrected chi connectivity index (χ4v) is 3.49. The molecule has 1 fully saturated rings. The number of rotatable bonds is 3. The molecule has 0 bridgehead atoms. The molecule has 0 spiro atoms. The van der Waals surface area contributed by atoms with Crippen LogP contribution in [0.2, 0.25) is 0 Å². The molecular weight excluding hydrogens is 326 g/mol. The van der Waals surface area contributed by atoms with Gasteiger partial charge in [-0.25, -0.2) is 0 Å². The van der Waals surface area contributed by atoms with Gasteiger partial charge >= 0.3 is 0 Å². The molecule has 3 rings (SSSR count). The molecule has 26 heavy (non-hydrogen) atoms. The third kappa shape index (κ3) is 3.98. The van der Waals surface area contributed by atoms with Gasteiger partial charge < -0.3 is 10.1 Å². The van der Waals surface area contributed by atoms with Crippen LogP contribution in [0.3, 0.4) is 0 Å². The van der Waals surface area contributed by atoms with Crippen molar-refractivity contribution in [1.82, 2.24) is 15.1 Å². The quantitative estimate of drug-likeness (QED) is 0.911. The van der Waals surface area contributed by atoms with Crippen molar-refractivity contribution in [3.63, 3.8) is 0 Å². The molecule has 1 aromatic carbocycles. The molecule has 1 aliphatic heterocycles. The number of nitrogens with zero attached hydrogens (tertiary/aromatic N) is 2. The molecular formula is C21H29N3O2. The molecule has 0 unspecified atom stereocenters. The minimum atomic E-state index is -0.0530. The van der Waals surface area contributed by atoms with E-state index in [9.17, 15) is 4.79 Å². The molecule has 1 saturated heterocycles. The lowest BCUT2D eigenvalue weighted by Crippen LogP contribution is -2.46. The van der Waals surface area contributed by atoms with Gasteiger partial charge in [0.05, 0.1) is 18.4 Å². The Kier molecular flexibility index (Phi) is 5.19. The van der Waals surface area contributed by atoms with E-state index in [2.05, 4.69) is 38.1 Å². The van der Waals surface area contributed by atoms with Gasteiger partial charge in [-0.3, -0.25) is 9.48 Å². The average molecular weight is 355 g/mol. The Labute approximate surface area is 155 Å². The summed E-state index contributed by atoms with van der Waals surface area (Å²) < 4.78 is 8.32. The molecule has 1 N–H and O–H groups in total. The number of hydrogen-bond acceptors (Lipinski definition) is 3. The Bertz CT molecular complexity index is 761. The largest absolute Gasteiger partial charge is 0.369 e. The van der Waals surface area contributed by atoms with E-state index < -0.39 is 0 Å². The highest BCUT2D eigenvalue weighted by atomic mass is 16.5. The average Bonchev–Trinajstić information content (AvgIpc) is 2.94. The Morgan fingerprint density at radius 3 is 2.50 bits per heavy atom. The monoisotopic (exact) mass is 355 g/mol. The first kappa shape index (κ1) is 18.6. The minimum Gasteiger partial charge on any atom is -0.369 e. The summed E-state index contributed by atoms with van der Waals surface area (Å²) >= 11 is 0. The van der Waals surface area contributed by atoms with Gasteiger partial charge in [-0.15, -0.1) is 0 Å². The van der Waals surface area contributed by atoms with Crippen molar-refractivity contribution in [3.05, 3.63) is 53.3 Å². The van der Waals surface area contributed by atoms with Gasteiger partial charge in [-0.2, -0.15) is 5.10 Å². The van der Waals surface area contributed by atoms with Crippen molar-refractivity contribution in [2.45, 2.75) is 58.8 Å². The number of nitrogens with one attached hydrogen (secondary N) is 1. The summed E-state index contributed by atoms with van der Waals surface area (Å²) in [6, 6.07) is 9.46. The first-order chi connectivity index (χ1) is 12.3. The highest BCUT2D eigenvalue weighted by molar-refractivity contribution is 5.94. The lowest BCUT2D eigenvalue weighted by atomic mass is 9.81. The second-order valence-electron chi connectivity index (χ2n) is 8.30. The maximum absolute atomic E-state index is 12.6. The Morgan fingerprint density at radius 1 is 1.23 bits per heavy atom. The minimum absolute atomic E-state index is 0.00447. The number of hydrogen-bond donors (Lipinski definition) is 1. The second-order valence-corrected chi connectivity index (χ2v) is 8.30. The van der Waals surface area contributed by atoms with Crippen molar-refractivity contribution >= 4 is 5.91 Å². The predicted molar refractivity (Wildman–Crippen MR) is 102 cm³/mol. The number of ether oxygens (including phenoxy) is 1. The van der Waals surface area contributed by atoms with Crippen molar-refractivity contribution in [2.24, 2.45) is 12.5 Å². The van der Waals surface area contributed by atoms with Gasteiger partial charge in [0.25, 0.3) is 5.91 Å². The molecule has 0 radical (unpaired) electrons. The molecule has 140 valence electrons. The van der Waals surface area contributed by atoms with E-state index in [1.54, 1.807) is 0 Å².